The van der Waals surface area contributed by atoms with Crippen LogP contribution in [0.1, 0.15) is 10.4 Å². The fourth-order valence-corrected chi connectivity index (χ4v) is 3.71. The fourth-order valence-electron chi connectivity index (χ4n) is 3.58. The third-order valence-electron chi connectivity index (χ3n) is 5.37. The number of ether oxygens (including phenoxy) is 1. The Labute approximate surface area is 197 Å². The first-order valence-corrected chi connectivity index (χ1v) is 10.9. The third-order valence-corrected chi connectivity index (χ3v) is 5.62. The summed E-state index contributed by atoms with van der Waals surface area (Å²) in [5.41, 5.74) is 3.08. The van der Waals surface area contributed by atoms with E-state index in [4.69, 9.17) is 16.3 Å². The number of piperazine rings is 1. The second-order valence-corrected chi connectivity index (χ2v) is 8.02. The summed E-state index contributed by atoms with van der Waals surface area (Å²) in [5, 5.41) is 3.84. The highest BCUT2D eigenvalue weighted by atomic mass is 35.5. The molecule has 0 saturated carbocycles. The largest absolute Gasteiger partial charge is 0.375 e. The minimum Gasteiger partial charge on any atom is -0.375 e. The molecule has 4 rings (SSSR count). The van der Waals surface area contributed by atoms with Crippen LogP contribution in [0.4, 0.5) is 11.6 Å². The van der Waals surface area contributed by atoms with Gasteiger partial charge in [0, 0.05) is 61.3 Å². The number of nitrogens with zero attached hydrogens (tertiary/aromatic N) is 4. The number of aromatic nitrogens is 2. The Hall–Kier alpha value is -3.49. The molecule has 0 atom stereocenters. The number of halogens is 1. The molecule has 1 aliphatic rings. The van der Waals surface area contributed by atoms with Crippen LogP contribution in [0.3, 0.4) is 0 Å². The molecular weight excluding hydrogens is 442 g/mol. The Bertz CT molecular complexity index is 1110. The zero-order valence-corrected chi connectivity index (χ0v) is 19.0. The third kappa shape index (κ3) is 5.66. The molecule has 0 spiro atoms. The van der Waals surface area contributed by atoms with E-state index in [0.29, 0.717) is 42.7 Å². The molecule has 1 aliphatic heterocycles. The lowest BCUT2D eigenvalue weighted by Gasteiger charge is -2.34. The van der Waals surface area contributed by atoms with Gasteiger partial charge in [0.1, 0.15) is 6.61 Å². The SMILES string of the molecule is COCC(=O)N1CCN(C(=O)c2ccc(Nc3nccc(-c4ccc(Cl)cc4)n3)cc2)CC1. The number of benzene rings is 2. The molecule has 0 bridgehead atoms. The van der Waals surface area contributed by atoms with E-state index < -0.39 is 0 Å². The van der Waals surface area contributed by atoms with Crippen molar-refractivity contribution in [1.29, 1.82) is 0 Å². The van der Waals surface area contributed by atoms with Gasteiger partial charge in [-0.2, -0.15) is 0 Å². The van der Waals surface area contributed by atoms with Crippen LogP contribution in [0.25, 0.3) is 11.3 Å². The molecule has 2 aromatic carbocycles. The highest BCUT2D eigenvalue weighted by Gasteiger charge is 2.24. The monoisotopic (exact) mass is 465 g/mol. The van der Waals surface area contributed by atoms with Gasteiger partial charge < -0.3 is 19.9 Å². The smallest absolute Gasteiger partial charge is 0.253 e. The van der Waals surface area contributed by atoms with E-state index in [2.05, 4.69) is 15.3 Å². The maximum absolute atomic E-state index is 12.8. The van der Waals surface area contributed by atoms with Crippen molar-refractivity contribution in [1.82, 2.24) is 19.8 Å². The van der Waals surface area contributed by atoms with Crippen molar-refractivity contribution in [3.8, 4) is 11.3 Å². The molecule has 1 fully saturated rings. The van der Waals surface area contributed by atoms with Gasteiger partial charge >= 0.3 is 0 Å². The van der Waals surface area contributed by atoms with Gasteiger partial charge in [-0.15, -0.1) is 0 Å². The average Bonchev–Trinajstić information content (AvgIpc) is 2.85. The van der Waals surface area contributed by atoms with Gasteiger partial charge in [-0.25, -0.2) is 9.97 Å². The predicted octanol–water partition coefficient (Wildman–Crippen LogP) is 3.47. The van der Waals surface area contributed by atoms with Gasteiger partial charge in [-0.1, -0.05) is 23.7 Å². The lowest BCUT2D eigenvalue weighted by atomic mass is 10.1. The van der Waals surface area contributed by atoms with E-state index in [0.717, 1.165) is 16.9 Å². The molecule has 0 aliphatic carbocycles. The van der Waals surface area contributed by atoms with Crippen molar-refractivity contribution >= 4 is 35.1 Å². The van der Waals surface area contributed by atoms with Crippen molar-refractivity contribution < 1.29 is 14.3 Å². The summed E-state index contributed by atoms with van der Waals surface area (Å²) < 4.78 is 4.90. The zero-order chi connectivity index (χ0) is 23.2. The van der Waals surface area contributed by atoms with Gasteiger partial charge in [0.15, 0.2) is 0 Å². The minimum atomic E-state index is -0.0543. The molecule has 2 amide bonds. The van der Waals surface area contributed by atoms with Gasteiger partial charge in [0.2, 0.25) is 11.9 Å². The maximum Gasteiger partial charge on any atom is 0.253 e. The number of carbonyl (C=O) groups excluding carboxylic acids is 2. The van der Waals surface area contributed by atoms with Gasteiger partial charge in [0.25, 0.3) is 5.91 Å². The molecule has 0 radical (unpaired) electrons. The van der Waals surface area contributed by atoms with E-state index >= 15 is 0 Å². The van der Waals surface area contributed by atoms with Crippen molar-refractivity contribution in [2.75, 3.05) is 45.2 Å². The zero-order valence-electron chi connectivity index (χ0n) is 18.2. The molecular formula is C24H24ClN5O3. The Morgan fingerprint density at radius 2 is 1.64 bits per heavy atom. The number of carbonyl (C=O) groups is 2. The van der Waals surface area contributed by atoms with Crippen molar-refractivity contribution in [3.05, 3.63) is 71.4 Å². The number of nitrogens with one attached hydrogen (secondary N) is 1. The molecule has 0 unspecified atom stereocenters. The first-order chi connectivity index (χ1) is 16.0. The van der Waals surface area contributed by atoms with Crippen molar-refractivity contribution in [2.24, 2.45) is 0 Å². The number of hydrogen-bond acceptors (Lipinski definition) is 6. The van der Waals surface area contributed by atoms with E-state index in [1.807, 2.05) is 42.5 Å². The average molecular weight is 466 g/mol. The summed E-state index contributed by atoms with van der Waals surface area (Å²) >= 11 is 5.96. The number of methoxy groups -OCH3 is 1. The van der Waals surface area contributed by atoms with Crippen LogP contribution in [0, 0.1) is 0 Å². The quantitative estimate of drug-likeness (QED) is 0.599. The molecule has 9 heteroatoms. The first-order valence-electron chi connectivity index (χ1n) is 10.6. The molecule has 1 N–H and O–H groups in total. The molecule has 8 nitrogen and oxygen atoms in total. The van der Waals surface area contributed by atoms with Crippen LogP contribution in [-0.2, 0) is 9.53 Å². The van der Waals surface area contributed by atoms with Crippen LogP contribution < -0.4 is 5.32 Å². The van der Waals surface area contributed by atoms with E-state index in [9.17, 15) is 9.59 Å². The number of amides is 2. The lowest BCUT2D eigenvalue weighted by Crippen LogP contribution is -2.51. The maximum atomic E-state index is 12.8. The fraction of sp³-hybridized carbons (Fsp3) is 0.250. The summed E-state index contributed by atoms with van der Waals surface area (Å²) in [6.07, 6.45) is 1.69. The molecule has 3 aromatic rings. The normalized spacial score (nSPS) is 13.6. The topological polar surface area (TPSA) is 87.7 Å². The summed E-state index contributed by atoms with van der Waals surface area (Å²) in [4.78, 5) is 37.1. The predicted molar refractivity (Wildman–Crippen MR) is 127 cm³/mol. The molecule has 170 valence electrons. The van der Waals surface area contributed by atoms with Crippen LogP contribution in [0.2, 0.25) is 5.02 Å². The summed E-state index contributed by atoms with van der Waals surface area (Å²) in [6.45, 7) is 2.08. The molecule has 33 heavy (non-hydrogen) atoms. The van der Waals surface area contributed by atoms with Gasteiger partial charge in [-0.3, -0.25) is 9.59 Å². The Morgan fingerprint density at radius 1 is 0.970 bits per heavy atom. The number of anilines is 2. The van der Waals surface area contributed by atoms with E-state index in [-0.39, 0.29) is 18.4 Å². The van der Waals surface area contributed by atoms with Gasteiger partial charge in [0.05, 0.1) is 5.69 Å². The van der Waals surface area contributed by atoms with Gasteiger partial charge in [-0.05, 0) is 42.5 Å². The highest BCUT2D eigenvalue weighted by molar-refractivity contribution is 6.30. The van der Waals surface area contributed by atoms with Crippen LogP contribution in [0.15, 0.2) is 60.8 Å². The van der Waals surface area contributed by atoms with Crippen molar-refractivity contribution in [2.45, 2.75) is 0 Å². The Morgan fingerprint density at radius 3 is 2.30 bits per heavy atom. The Balaban J connectivity index is 1.37. The highest BCUT2D eigenvalue weighted by Crippen LogP contribution is 2.22. The minimum absolute atomic E-state index is 0.0534. The second-order valence-electron chi connectivity index (χ2n) is 7.58. The van der Waals surface area contributed by atoms with E-state index in [1.54, 1.807) is 28.1 Å². The lowest BCUT2D eigenvalue weighted by molar-refractivity contribution is -0.136. The summed E-state index contributed by atoms with van der Waals surface area (Å²) in [6, 6.07) is 16.5. The van der Waals surface area contributed by atoms with Crippen LogP contribution in [-0.4, -0.2) is 71.5 Å². The first kappa shape index (κ1) is 22.7. The standard InChI is InChI=1S/C24H24ClN5O3/c1-33-16-22(31)29-12-14-30(15-13-29)23(32)18-4-8-20(9-5-18)27-24-26-11-10-21(28-24)17-2-6-19(25)7-3-17/h2-11H,12-16H2,1H3,(H,26,27,28). The molecule has 2 heterocycles. The van der Waals surface area contributed by atoms with Crippen molar-refractivity contribution in [3.63, 3.8) is 0 Å². The summed E-state index contributed by atoms with van der Waals surface area (Å²) in [7, 11) is 1.50. The number of rotatable bonds is 6. The molecule has 1 saturated heterocycles. The number of hydrogen-bond donors (Lipinski definition) is 1. The molecule has 1 aromatic heterocycles. The van der Waals surface area contributed by atoms with E-state index in [1.165, 1.54) is 7.11 Å². The van der Waals surface area contributed by atoms with Crippen LogP contribution in [0.5, 0.6) is 0 Å². The van der Waals surface area contributed by atoms with Crippen LogP contribution >= 0.6 is 11.6 Å². The Kier molecular flexibility index (Phi) is 7.16. The summed E-state index contributed by atoms with van der Waals surface area (Å²) in [5.74, 6) is 0.349. The second kappa shape index (κ2) is 10.4.